The molecule has 3 nitrogen and oxygen atoms in total. The van der Waals surface area contributed by atoms with Gasteiger partial charge in [0.05, 0.1) is 5.92 Å². The molecule has 3 atom stereocenters. The van der Waals surface area contributed by atoms with Gasteiger partial charge in [-0.2, -0.15) is 0 Å². The lowest BCUT2D eigenvalue weighted by Gasteiger charge is -2.23. The second-order valence-electron chi connectivity index (χ2n) is 5.19. The zero-order chi connectivity index (χ0) is 13.0. The first-order valence-electron chi connectivity index (χ1n) is 6.74. The van der Waals surface area contributed by atoms with Gasteiger partial charge in [-0.1, -0.05) is 37.3 Å². The van der Waals surface area contributed by atoms with Crippen LogP contribution < -0.4 is 10.6 Å². The van der Waals surface area contributed by atoms with E-state index in [0.29, 0.717) is 5.92 Å². The van der Waals surface area contributed by atoms with Gasteiger partial charge in [0.2, 0.25) is 5.91 Å². The lowest BCUT2D eigenvalue weighted by molar-refractivity contribution is -0.125. The highest BCUT2D eigenvalue weighted by atomic mass is 35.5. The molecule has 1 fully saturated rings. The minimum Gasteiger partial charge on any atom is -0.353 e. The highest BCUT2D eigenvalue weighted by Crippen LogP contribution is 2.19. The molecular formula is C15H23ClN2O. The molecule has 1 aliphatic rings. The highest BCUT2D eigenvalue weighted by molar-refractivity contribution is 5.85. The van der Waals surface area contributed by atoms with E-state index in [4.69, 9.17) is 0 Å². The maximum atomic E-state index is 12.0. The van der Waals surface area contributed by atoms with E-state index in [9.17, 15) is 4.79 Å². The molecule has 0 saturated carbocycles. The Morgan fingerprint density at radius 1 is 1.32 bits per heavy atom. The van der Waals surface area contributed by atoms with E-state index in [2.05, 4.69) is 36.6 Å². The van der Waals surface area contributed by atoms with Crippen LogP contribution in [0.3, 0.4) is 0 Å². The van der Waals surface area contributed by atoms with Gasteiger partial charge in [-0.05, 0) is 25.5 Å². The van der Waals surface area contributed by atoms with Crippen molar-refractivity contribution < 1.29 is 4.79 Å². The third-order valence-corrected chi connectivity index (χ3v) is 3.88. The van der Waals surface area contributed by atoms with Gasteiger partial charge in [0.1, 0.15) is 0 Å². The van der Waals surface area contributed by atoms with Gasteiger partial charge in [-0.15, -0.1) is 12.4 Å². The third kappa shape index (κ3) is 4.22. The van der Waals surface area contributed by atoms with E-state index in [1.165, 1.54) is 5.56 Å². The fourth-order valence-corrected chi connectivity index (χ4v) is 2.39. The molecule has 1 aromatic carbocycles. The van der Waals surface area contributed by atoms with Crippen molar-refractivity contribution >= 4 is 18.3 Å². The predicted octanol–water partition coefficient (Wildman–Crippen LogP) is 2.33. The van der Waals surface area contributed by atoms with Gasteiger partial charge < -0.3 is 10.6 Å². The molecule has 0 aliphatic carbocycles. The van der Waals surface area contributed by atoms with Crippen LogP contribution in [0.25, 0.3) is 0 Å². The number of carbonyl (C=O) groups is 1. The molecule has 1 saturated heterocycles. The average molecular weight is 283 g/mol. The van der Waals surface area contributed by atoms with Gasteiger partial charge in [0.25, 0.3) is 0 Å². The Labute approximate surface area is 121 Å². The summed E-state index contributed by atoms with van der Waals surface area (Å²) in [4.78, 5) is 12.0. The maximum Gasteiger partial charge on any atom is 0.224 e. The quantitative estimate of drug-likeness (QED) is 0.890. The zero-order valence-corrected chi connectivity index (χ0v) is 12.4. The number of halogens is 1. The van der Waals surface area contributed by atoms with Crippen molar-refractivity contribution in [1.82, 2.24) is 10.6 Å². The molecule has 0 radical (unpaired) electrons. The summed E-state index contributed by atoms with van der Waals surface area (Å²) in [6.45, 7) is 6.02. The molecule has 1 aliphatic heterocycles. The zero-order valence-electron chi connectivity index (χ0n) is 11.6. The van der Waals surface area contributed by atoms with Crippen molar-refractivity contribution in [3.63, 3.8) is 0 Å². The van der Waals surface area contributed by atoms with E-state index in [0.717, 1.165) is 19.5 Å². The average Bonchev–Trinajstić information content (AvgIpc) is 2.92. The molecule has 106 valence electrons. The number of rotatable bonds is 4. The van der Waals surface area contributed by atoms with Crippen LogP contribution in [0.15, 0.2) is 30.3 Å². The summed E-state index contributed by atoms with van der Waals surface area (Å²) >= 11 is 0. The van der Waals surface area contributed by atoms with Crippen LogP contribution in [0.1, 0.15) is 31.7 Å². The summed E-state index contributed by atoms with van der Waals surface area (Å²) in [6, 6.07) is 10.5. The molecule has 0 bridgehead atoms. The Hall–Kier alpha value is -1.06. The summed E-state index contributed by atoms with van der Waals surface area (Å²) < 4.78 is 0. The smallest absolute Gasteiger partial charge is 0.224 e. The van der Waals surface area contributed by atoms with Crippen molar-refractivity contribution in [2.75, 3.05) is 13.1 Å². The summed E-state index contributed by atoms with van der Waals surface area (Å²) in [5.41, 5.74) is 1.27. The SMILES string of the molecule is CC(NC(=O)C1CCNC1)C(C)c1ccccc1.Cl. The Morgan fingerprint density at radius 3 is 2.58 bits per heavy atom. The minimum atomic E-state index is 0. The number of nitrogens with one attached hydrogen (secondary N) is 2. The van der Waals surface area contributed by atoms with Gasteiger partial charge in [0.15, 0.2) is 0 Å². The lowest BCUT2D eigenvalue weighted by atomic mass is 9.94. The Bertz CT molecular complexity index is 390. The molecule has 1 heterocycles. The number of hydrogen-bond donors (Lipinski definition) is 2. The second-order valence-corrected chi connectivity index (χ2v) is 5.19. The lowest BCUT2D eigenvalue weighted by Crippen LogP contribution is -2.40. The Balaban J connectivity index is 0.00000180. The molecule has 2 N–H and O–H groups in total. The van der Waals surface area contributed by atoms with Crippen LogP contribution in [-0.4, -0.2) is 25.0 Å². The van der Waals surface area contributed by atoms with Crippen molar-refractivity contribution in [3.8, 4) is 0 Å². The first kappa shape index (κ1) is 16.0. The van der Waals surface area contributed by atoms with Gasteiger partial charge in [0, 0.05) is 18.5 Å². The van der Waals surface area contributed by atoms with Crippen molar-refractivity contribution in [2.24, 2.45) is 5.92 Å². The van der Waals surface area contributed by atoms with Crippen LogP contribution in [0.5, 0.6) is 0 Å². The highest BCUT2D eigenvalue weighted by Gasteiger charge is 2.25. The summed E-state index contributed by atoms with van der Waals surface area (Å²) in [5, 5.41) is 6.37. The Kier molecular flexibility index (Phi) is 6.32. The normalized spacial score (nSPS) is 21.3. The molecule has 4 heteroatoms. The van der Waals surface area contributed by atoms with Gasteiger partial charge in [-0.25, -0.2) is 0 Å². The van der Waals surface area contributed by atoms with Gasteiger partial charge >= 0.3 is 0 Å². The second kappa shape index (κ2) is 7.51. The van der Waals surface area contributed by atoms with Crippen LogP contribution in [-0.2, 0) is 4.79 Å². The standard InChI is InChI=1S/C15H22N2O.ClH/c1-11(13-6-4-3-5-7-13)12(2)17-15(18)14-8-9-16-10-14;/h3-7,11-12,14,16H,8-10H2,1-2H3,(H,17,18);1H. The minimum absolute atomic E-state index is 0. The van der Waals surface area contributed by atoms with Gasteiger partial charge in [-0.3, -0.25) is 4.79 Å². The summed E-state index contributed by atoms with van der Waals surface area (Å²) in [7, 11) is 0. The predicted molar refractivity (Wildman–Crippen MR) is 80.7 cm³/mol. The fourth-order valence-electron chi connectivity index (χ4n) is 2.39. The monoisotopic (exact) mass is 282 g/mol. The molecule has 1 amide bonds. The van der Waals surface area contributed by atoms with Crippen molar-refractivity contribution in [1.29, 1.82) is 0 Å². The number of hydrogen-bond acceptors (Lipinski definition) is 2. The summed E-state index contributed by atoms with van der Waals surface area (Å²) in [5.74, 6) is 0.676. The number of amides is 1. The maximum absolute atomic E-state index is 12.0. The molecule has 0 spiro atoms. The van der Waals surface area contributed by atoms with E-state index in [1.54, 1.807) is 0 Å². The first-order chi connectivity index (χ1) is 8.68. The van der Waals surface area contributed by atoms with Crippen LogP contribution >= 0.6 is 12.4 Å². The molecule has 3 unspecified atom stereocenters. The molecule has 19 heavy (non-hydrogen) atoms. The fraction of sp³-hybridized carbons (Fsp3) is 0.533. The topological polar surface area (TPSA) is 41.1 Å². The van der Waals surface area contributed by atoms with E-state index >= 15 is 0 Å². The van der Waals surface area contributed by atoms with Crippen molar-refractivity contribution in [2.45, 2.75) is 32.2 Å². The van der Waals surface area contributed by atoms with E-state index in [-0.39, 0.29) is 30.3 Å². The van der Waals surface area contributed by atoms with Crippen molar-refractivity contribution in [3.05, 3.63) is 35.9 Å². The van der Waals surface area contributed by atoms with E-state index < -0.39 is 0 Å². The largest absolute Gasteiger partial charge is 0.353 e. The summed E-state index contributed by atoms with van der Waals surface area (Å²) in [6.07, 6.45) is 0.957. The third-order valence-electron chi connectivity index (χ3n) is 3.88. The Morgan fingerprint density at radius 2 is 2.00 bits per heavy atom. The molecular weight excluding hydrogens is 260 g/mol. The number of carbonyl (C=O) groups excluding carboxylic acids is 1. The molecule has 2 rings (SSSR count). The molecule has 0 aromatic heterocycles. The van der Waals surface area contributed by atoms with E-state index in [1.807, 2.05) is 18.2 Å². The molecule has 1 aromatic rings. The first-order valence-corrected chi connectivity index (χ1v) is 6.74. The number of benzene rings is 1. The van der Waals surface area contributed by atoms with Crippen LogP contribution in [0.2, 0.25) is 0 Å². The van der Waals surface area contributed by atoms with Crippen LogP contribution in [0, 0.1) is 5.92 Å². The van der Waals surface area contributed by atoms with Crippen LogP contribution in [0.4, 0.5) is 0 Å².